The zero-order valence-electron chi connectivity index (χ0n) is 13.6. The lowest BCUT2D eigenvalue weighted by atomic mass is 10.0. The predicted molar refractivity (Wildman–Crippen MR) is 87.9 cm³/mol. The maximum absolute atomic E-state index is 12.4. The van der Waals surface area contributed by atoms with Crippen molar-refractivity contribution in [3.8, 4) is 0 Å². The Hall–Kier alpha value is -2.41. The van der Waals surface area contributed by atoms with E-state index in [0.29, 0.717) is 5.92 Å². The van der Waals surface area contributed by atoms with Gasteiger partial charge in [-0.1, -0.05) is 30.3 Å². The fourth-order valence-electron chi connectivity index (χ4n) is 2.51. The molecule has 0 spiro atoms. The third-order valence-corrected chi connectivity index (χ3v) is 4.03. The summed E-state index contributed by atoms with van der Waals surface area (Å²) in [6.45, 7) is 1.55. The van der Waals surface area contributed by atoms with Gasteiger partial charge in [0.2, 0.25) is 11.8 Å². The topological polar surface area (TPSA) is 122 Å². The standard InChI is InChI=1S/C17H23N3O4/c1-10(19-17(24)13(18)9-14(21)22)16(23)20-15(12-7-8-12)11-5-3-2-4-6-11/h2-6,10,12-13,15H,7-9,18H2,1H3,(H,19,24)(H,20,23)(H,21,22)/t10-,13+,15?/m1/s1. The zero-order chi connectivity index (χ0) is 17.7. The van der Waals surface area contributed by atoms with Crippen molar-refractivity contribution in [3.05, 3.63) is 35.9 Å². The number of amides is 2. The van der Waals surface area contributed by atoms with Crippen LogP contribution in [0.2, 0.25) is 0 Å². The lowest BCUT2D eigenvalue weighted by molar-refractivity contribution is -0.139. The Kier molecular flexibility index (Phi) is 5.92. The molecule has 1 aromatic carbocycles. The van der Waals surface area contributed by atoms with Crippen LogP contribution >= 0.6 is 0 Å². The average Bonchev–Trinajstić information content (AvgIpc) is 3.37. The van der Waals surface area contributed by atoms with E-state index < -0.39 is 30.4 Å². The van der Waals surface area contributed by atoms with Gasteiger partial charge in [-0.25, -0.2) is 0 Å². The molecule has 1 aliphatic carbocycles. The summed E-state index contributed by atoms with van der Waals surface area (Å²) in [6.07, 6.45) is 1.64. The minimum atomic E-state index is -1.17. The number of aliphatic carboxylic acids is 1. The van der Waals surface area contributed by atoms with Gasteiger partial charge in [0.05, 0.1) is 18.5 Å². The Morgan fingerprint density at radius 3 is 2.33 bits per heavy atom. The van der Waals surface area contributed by atoms with E-state index in [-0.39, 0.29) is 11.9 Å². The van der Waals surface area contributed by atoms with Crippen LogP contribution in [0.15, 0.2) is 30.3 Å². The van der Waals surface area contributed by atoms with Crippen LogP contribution in [0.3, 0.4) is 0 Å². The quantitative estimate of drug-likeness (QED) is 0.554. The zero-order valence-corrected chi connectivity index (χ0v) is 13.6. The van der Waals surface area contributed by atoms with Gasteiger partial charge in [-0.05, 0) is 31.2 Å². The van der Waals surface area contributed by atoms with E-state index in [2.05, 4.69) is 10.6 Å². The number of carboxylic acid groups (broad SMARTS) is 1. The number of nitrogens with two attached hydrogens (primary N) is 1. The number of carbonyl (C=O) groups is 3. The maximum atomic E-state index is 12.4. The van der Waals surface area contributed by atoms with Gasteiger partial charge in [-0.2, -0.15) is 0 Å². The van der Waals surface area contributed by atoms with Crippen LogP contribution in [-0.4, -0.2) is 35.0 Å². The van der Waals surface area contributed by atoms with Crippen LogP contribution in [0.4, 0.5) is 0 Å². The fraction of sp³-hybridized carbons (Fsp3) is 0.471. The van der Waals surface area contributed by atoms with Crippen LogP contribution in [0, 0.1) is 5.92 Å². The number of carbonyl (C=O) groups excluding carboxylic acids is 2. The first-order valence-corrected chi connectivity index (χ1v) is 8.01. The van der Waals surface area contributed by atoms with Crippen LogP contribution in [-0.2, 0) is 14.4 Å². The normalized spacial score (nSPS) is 17.4. The molecule has 1 fully saturated rings. The highest BCUT2D eigenvalue weighted by Gasteiger charge is 2.34. The number of nitrogens with one attached hydrogen (secondary N) is 2. The lowest BCUT2D eigenvalue weighted by Crippen LogP contribution is -2.51. The van der Waals surface area contributed by atoms with Gasteiger partial charge >= 0.3 is 5.97 Å². The second kappa shape index (κ2) is 7.92. The molecular weight excluding hydrogens is 310 g/mol. The maximum Gasteiger partial charge on any atom is 0.305 e. The molecule has 3 atom stereocenters. The van der Waals surface area contributed by atoms with E-state index in [4.69, 9.17) is 10.8 Å². The summed E-state index contributed by atoms with van der Waals surface area (Å²) in [5.74, 6) is -1.71. The lowest BCUT2D eigenvalue weighted by Gasteiger charge is -2.22. The highest BCUT2D eigenvalue weighted by atomic mass is 16.4. The third-order valence-electron chi connectivity index (χ3n) is 4.03. The van der Waals surface area contributed by atoms with E-state index in [1.807, 2.05) is 30.3 Å². The highest BCUT2D eigenvalue weighted by Crippen LogP contribution is 2.40. The first kappa shape index (κ1) is 17.9. The Labute approximate surface area is 140 Å². The molecule has 1 aliphatic rings. The molecule has 7 nitrogen and oxygen atoms in total. The Balaban J connectivity index is 1.92. The summed E-state index contributed by atoms with van der Waals surface area (Å²) >= 11 is 0. The minimum Gasteiger partial charge on any atom is -0.481 e. The van der Waals surface area contributed by atoms with Crippen molar-refractivity contribution >= 4 is 17.8 Å². The SMILES string of the molecule is C[C@@H](NC(=O)[C@@H](N)CC(=O)O)C(=O)NC(c1ccccc1)C1CC1. The van der Waals surface area contributed by atoms with Gasteiger partial charge in [-0.3, -0.25) is 14.4 Å². The van der Waals surface area contributed by atoms with Crippen LogP contribution in [0.5, 0.6) is 0 Å². The average molecular weight is 333 g/mol. The van der Waals surface area contributed by atoms with E-state index >= 15 is 0 Å². The Bertz CT molecular complexity index is 601. The molecule has 2 rings (SSSR count). The third kappa shape index (κ3) is 5.06. The van der Waals surface area contributed by atoms with Crippen molar-refractivity contribution in [2.24, 2.45) is 11.7 Å². The van der Waals surface area contributed by atoms with Crippen LogP contribution in [0.25, 0.3) is 0 Å². The summed E-state index contributed by atoms with van der Waals surface area (Å²) in [5.41, 5.74) is 6.53. The molecule has 130 valence electrons. The van der Waals surface area contributed by atoms with Gasteiger partial charge in [-0.15, -0.1) is 0 Å². The van der Waals surface area contributed by atoms with Crippen molar-refractivity contribution < 1.29 is 19.5 Å². The number of carboxylic acids is 1. The van der Waals surface area contributed by atoms with E-state index in [0.717, 1.165) is 18.4 Å². The second-order valence-electron chi connectivity index (χ2n) is 6.17. The van der Waals surface area contributed by atoms with Gasteiger partial charge in [0, 0.05) is 0 Å². The van der Waals surface area contributed by atoms with E-state index in [1.54, 1.807) is 6.92 Å². The van der Waals surface area contributed by atoms with Gasteiger partial charge in [0.1, 0.15) is 6.04 Å². The summed E-state index contributed by atoms with van der Waals surface area (Å²) in [7, 11) is 0. The van der Waals surface area contributed by atoms with Crippen molar-refractivity contribution in [2.45, 2.75) is 44.3 Å². The van der Waals surface area contributed by atoms with Crippen molar-refractivity contribution in [1.82, 2.24) is 10.6 Å². The second-order valence-corrected chi connectivity index (χ2v) is 6.17. The number of hydrogen-bond acceptors (Lipinski definition) is 4. The molecule has 0 saturated heterocycles. The smallest absolute Gasteiger partial charge is 0.305 e. The molecule has 1 aromatic rings. The van der Waals surface area contributed by atoms with Crippen molar-refractivity contribution in [3.63, 3.8) is 0 Å². The molecule has 0 bridgehead atoms. The monoisotopic (exact) mass is 333 g/mol. The minimum absolute atomic E-state index is 0.0780. The van der Waals surface area contributed by atoms with Gasteiger partial charge in [0.25, 0.3) is 0 Å². The molecule has 24 heavy (non-hydrogen) atoms. The number of hydrogen-bond donors (Lipinski definition) is 4. The summed E-state index contributed by atoms with van der Waals surface area (Å²) in [5, 5.41) is 14.1. The van der Waals surface area contributed by atoms with Gasteiger partial charge in [0.15, 0.2) is 0 Å². The largest absolute Gasteiger partial charge is 0.481 e. The molecule has 1 unspecified atom stereocenters. The van der Waals surface area contributed by atoms with Crippen LogP contribution < -0.4 is 16.4 Å². The van der Waals surface area contributed by atoms with Crippen molar-refractivity contribution in [2.75, 3.05) is 0 Å². The molecule has 0 radical (unpaired) electrons. The van der Waals surface area contributed by atoms with Gasteiger partial charge < -0.3 is 21.5 Å². The molecule has 0 aromatic heterocycles. The molecule has 2 amide bonds. The molecule has 7 heteroatoms. The molecule has 1 saturated carbocycles. The summed E-state index contributed by atoms with van der Waals surface area (Å²) in [6, 6.07) is 7.66. The summed E-state index contributed by atoms with van der Waals surface area (Å²) < 4.78 is 0. The summed E-state index contributed by atoms with van der Waals surface area (Å²) in [4.78, 5) is 34.8. The number of benzene rings is 1. The molecular formula is C17H23N3O4. The Morgan fingerprint density at radius 1 is 1.17 bits per heavy atom. The van der Waals surface area contributed by atoms with E-state index in [9.17, 15) is 14.4 Å². The first-order chi connectivity index (χ1) is 11.4. The van der Waals surface area contributed by atoms with Crippen LogP contribution in [0.1, 0.15) is 37.8 Å². The fourth-order valence-corrected chi connectivity index (χ4v) is 2.51. The molecule has 0 heterocycles. The molecule has 5 N–H and O–H groups in total. The first-order valence-electron chi connectivity index (χ1n) is 8.01. The molecule has 0 aliphatic heterocycles. The van der Waals surface area contributed by atoms with Crippen molar-refractivity contribution in [1.29, 1.82) is 0 Å². The predicted octanol–water partition coefficient (Wildman–Crippen LogP) is 0.561. The highest BCUT2D eigenvalue weighted by molar-refractivity contribution is 5.91. The Morgan fingerprint density at radius 2 is 1.79 bits per heavy atom. The number of rotatable bonds is 8. The van der Waals surface area contributed by atoms with E-state index in [1.165, 1.54) is 0 Å².